The molecule has 0 saturated carbocycles. The fraction of sp³-hybridized carbons (Fsp3) is 0. The number of nitrogens with zero attached hydrogens (tertiary/aromatic N) is 2. The summed E-state index contributed by atoms with van der Waals surface area (Å²) in [5, 5.41) is 2.68. The summed E-state index contributed by atoms with van der Waals surface area (Å²) in [5.74, 6) is -2.65. The van der Waals surface area contributed by atoms with Crippen LogP contribution in [0.2, 0.25) is 5.02 Å². The van der Waals surface area contributed by atoms with Crippen LogP contribution in [0.25, 0.3) is 0 Å². The van der Waals surface area contributed by atoms with Crippen LogP contribution in [0.3, 0.4) is 0 Å². The van der Waals surface area contributed by atoms with Gasteiger partial charge in [-0.25, -0.2) is 9.29 Å². The van der Waals surface area contributed by atoms with Crippen LogP contribution in [0.1, 0.15) is 31.2 Å². The number of anilines is 2. The normalized spacial score (nSPS) is 12.9. The second kappa shape index (κ2) is 6.86. The van der Waals surface area contributed by atoms with Crippen molar-refractivity contribution in [2.45, 2.75) is 0 Å². The Hall–Kier alpha value is -3.58. The van der Waals surface area contributed by atoms with E-state index in [4.69, 9.17) is 11.6 Å². The zero-order chi connectivity index (χ0) is 19.8. The number of halogens is 2. The lowest BCUT2D eigenvalue weighted by molar-refractivity contribution is 0.0923. The molecule has 28 heavy (non-hydrogen) atoms. The van der Waals surface area contributed by atoms with E-state index in [1.165, 1.54) is 36.5 Å². The molecule has 0 radical (unpaired) electrons. The van der Waals surface area contributed by atoms with Gasteiger partial charge < -0.3 is 5.32 Å². The van der Waals surface area contributed by atoms with Gasteiger partial charge in [0.25, 0.3) is 17.7 Å². The number of fused-ring (bicyclic) bond motifs is 1. The van der Waals surface area contributed by atoms with Gasteiger partial charge in [0, 0.05) is 11.9 Å². The number of pyridine rings is 1. The smallest absolute Gasteiger partial charge is 0.274 e. The number of aromatic nitrogens is 1. The van der Waals surface area contributed by atoms with E-state index in [0.29, 0.717) is 5.69 Å². The highest BCUT2D eigenvalue weighted by atomic mass is 35.5. The molecule has 1 aliphatic heterocycles. The Morgan fingerprint density at radius 3 is 2.54 bits per heavy atom. The largest absolute Gasteiger partial charge is 0.321 e. The van der Waals surface area contributed by atoms with E-state index in [-0.39, 0.29) is 27.5 Å². The molecule has 0 atom stereocenters. The molecule has 1 N–H and O–H groups in total. The Morgan fingerprint density at radius 1 is 1.04 bits per heavy atom. The minimum Gasteiger partial charge on any atom is -0.321 e. The van der Waals surface area contributed by atoms with Crippen LogP contribution in [-0.2, 0) is 0 Å². The van der Waals surface area contributed by atoms with Crippen molar-refractivity contribution < 1.29 is 18.8 Å². The van der Waals surface area contributed by atoms with Gasteiger partial charge in [-0.2, -0.15) is 0 Å². The molecule has 2 aromatic carbocycles. The van der Waals surface area contributed by atoms with E-state index in [2.05, 4.69) is 10.3 Å². The van der Waals surface area contributed by atoms with Gasteiger partial charge in [0.15, 0.2) is 0 Å². The molecule has 0 spiro atoms. The fourth-order valence-corrected chi connectivity index (χ4v) is 3.19. The molecule has 0 fully saturated rings. The molecular weight excluding hydrogens is 384 g/mol. The van der Waals surface area contributed by atoms with Gasteiger partial charge in [-0.3, -0.25) is 19.4 Å². The van der Waals surface area contributed by atoms with Crippen molar-refractivity contribution in [3.8, 4) is 0 Å². The number of nitrogens with one attached hydrogen (secondary N) is 1. The Bertz CT molecular complexity index is 1130. The molecule has 1 aliphatic rings. The highest BCUT2D eigenvalue weighted by molar-refractivity contribution is 6.40. The van der Waals surface area contributed by atoms with Crippen LogP contribution in [-0.4, -0.2) is 22.7 Å². The molecular formula is C20H11ClFN3O3. The number of benzene rings is 2. The summed E-state index contributed by atoms with van der Waals surface area (Å²) in [6.45, 7) is 0. The molecule has 0 unspecified atom stereocenters. The number of hydrogen-bond donors (Lipinski definition) is 1. The maximum Gasteiger partial charge on any atom is 0.274 e. The van der Waals surface area contributed by atoms with Crippen molar-refractivity contribution in [2.75, 3.05) is 10.2 Å². The second-order valence-corrected chi connectivity index (χ2v) is 6.35. The lowest BCUT2D eigenvalue weighted by atomic mass is 10.1. The first-order valence-electron chi connectivity index (χ1n) is 8.16. The Kier molecular flexibility index (Phi) is 4.37. The summed E-state index contributed by atoms with van der Waals surface area (Å²) in [4.78, 5) is 42.1. The Balaban J connectivity index is 1.63. The molecule has 138 valence electrons. The van der Waals surface area contributed by atoms with Crippen molar-refractivity contribution in [3.63, 3.8) is 0 Å². The van der Waals surface area contributed by atoms with E-state index in [1.807, 2.05) is 0 Å². The highest BCUT2D eigenvalue weighted by Gasteiger charge is 2.39. The summed E-state index contributed by atoms with van der Waals surface area (Å²) in [6.07, 6.45) is 1.49. The zero-order valence-electron chi connectivity index (χ0n) is 14.1. The van der Waals surface area contributed by atoms with Gasteiger partial charge in [0.1, 0.15) is 11.5 Å². The fourth-order valence-electron chi connectivity index (χ4n) is 2.92. The minimum atomic E-state index is -0.787. The third kappa shape index (κ3) is 2.91. The van der Waals surface area contributed by atoms with Gasteiger partial charge in [-0.05, 0) is 42.5 Å². The number of rotatable bonds is 3. The predicted molar refractivity (Wildman–Crippen MR) is 101 cm³/mol. The van der Waals surface area contributed by atoms with E-state index in [9.17, 15) is 18.8 Å². The van der Waals surface area contributed by atoms with Crippen LogP contribution in [0, 0.1) is 5.82 Å². The van der Waals surface area contributed by atoms with Gasteiger partial charge in [-0.15, -0.1) is 0 Å². The monoisotopic (exact) mass is 394 g/mol. The number of imide groups is 1. The molecule has 4 rings (SSSR count). The second-order valence-electron chi connectivity index (χ2n) is 5.94. The standard InChI is InChI=1S/C20H11ClFN3O3/c21-13-10-11(24-18(26)15-6-1-2-9-23-15)7-8-16(13)25-19(27)12-4-3-5-14(22)17(12)20(25)28/h1-10H,(H,24,26)/i22-1. The predicted octanol–water partition coefficient (Wildman–Crippen LogP) is 3.93. The lowest BCUT2D eigenvalue weighted by Gasteiger charge is -2.16. The Labute approximate surface area is 163 Å². The van der Waals surface area contributed by atoms with Crippen LogP contribution >= 0.6 is 11.6 Å². The van der Waals surface area contributed by atoms with Crippen LogP contribution in [0.5, 0.6) is 0 Å². The van der Waals surface area contributed by atoms with E-state index >= 15 is 0 Å². The zero-order valence-corrected chi connectivity index (χ0v) is 14.9. The van der Waals surface area contributed by atoms with Crippen molar-refractivity contribution in [2.24, 2.45) is 0 Å². The van der Waals surface area contributed by atoms with Gasteiger partial charge >= 0.3 is 0 Å². The lowest BCUT2D eigenvalue weighted by Crippen LogP contribution is -2.29. The molecule has 8 heteroatoms. The first kappa shape index (κ1) is 17.8. The molecule has 3 amide bonds. The van der Waals surface area contributed by atoms with E-state index < -0.39 is 23.5 Å². The third-order valence-electron chi connectivity index (χ3n) is 4.21. The van der Waals surface area contributed by atoms with Crippen molar-refractivity contribution in [1.29, 1.82) is 0 Å². The van der Waals surface area contributed by atoms with Crippen LogP contribution in [0.4, 0.5) is 15.8 Å². The summed E-state index contributed by atoms with van der Waals surface area (Å²) < 4.78 is 14.0. The number of amides is 3. The molecule has 1 aromatic heterocycles. The third-order valence-corrected chi connectivity index (χ3v) is 4.51. The number of carbonyl (C=O) groups is 3. The number of hydrogen-bond acceptors (Lipinski definition) is 4. The maximum atomic E-state index is 14.0. The van der Waals surface area contributed by atoms with Crippen molar-refractivity contribution >= 4 is 40.7 Å². The molecule has 2 heterocycles. The van der Waals surface area contributed by atoms with E-state index in [0.717, 1.165) is 11.0 Å². The SMILES string of the molecule is O=C(Nc1ccc(N2C(=O)c3cccc([18F])c3C2=O)c(Cl)c1)c1ccccn1. The molecule has 0 bridgehead atoms. The van der Waals surface area contributed by atoms with Gasteiger partial charge in [0.05, 0.1) is 21.8 Å². The van der Waals surface area contributed by atoms with Gasteiger partial charge in [0.2, 0.25) is 0 Å². The average molecular weight is 395 g/mol. The first-order valence-corrected chi connectivity index (χ1v) is 8.54. The molecule has 3 aromatic rings. The van der Waals surface area contributed by atoms with Crippen LogP contribution < -0.4 is 10.2 Å². The summed E-state index contributed by atoms with van der Waals surface area (Å²) in [7, 11) is 0. The summed E-state index contributed by atoms with van der Waals surface area (Å²) in [5.41, 5.74) is 0.374. The molecule has 0 aliphatic carbocycles. The first-order chi connectivity index (χ1) is 13.5. The maximum absolute atomic E-state index is 14.0. The Morgan fingerprint density at radius 2 is 1.86 bits per heavy atom. The summed E-state index contributed by atoms with van der Waals surface area (Å²) >= 11 is 6.25. The quantitative estimate of drug-likeness (QED) is 0.683. The van der Waals surface area contributed by atoms with Crippen molar-refractivity contribution in [3.05, 3.63) is 88.5 Å². The van der Waals surface area contributed by atoms with Gasteiger partial charge in [-0.1, -0.05) is 23.7 Å². The minimum absolute atomic E-state index is 0.0198. The van der Waals surface area contributed by atoms with Crippen molar-refractivity contribution in [1.82, 2.24) is 4.98 Å². The molecule has 0 saturated heterocycles. The summed E-state index contributed by atoms with van der Waals surface area (Å²) in [6, 6.07) is 13.1. The molecule has 6 nitrogen and oxygen atoms in total. The van der Waals surface area contributed by atoms with Crippen LogP contribution in [0.15, 0.2) is 60.8 Å². The topological polar surface area (TPSA) is 79.4 Å². The van der Waals surface area contributed by atoms with E-state index in [1.54, 1.807) is 18.2 Å². The number of carbonyl (C=O) groups excluding carboxylic acids is 3. The average Bonchev–Trinajstić information content (AvgIpc) is 2.94. The highest BCUT2D eigenvalue weighted by Crippen LogP contribution is 2.35.